The summed E-state index contributed by atoms with van der Waals surface area (Å²) in [5.74, 6) is -1.70. The number of fused-ring (bicyclic) bond motifs is 1. The number of anilines is 1. The second-order valence-electron chi connectivity index (χ2n) is 5.24. The molecular weight excluding hydrogens is 318 g/mol. The third-order valence-electron chi connectivity index (χ3n) is 3.55. The molecule has 124 valence electrons. The number of hydrogen-bond acceptors (Lipinski definition) is 4. The number of phenols is 1. The molecule has 0 saturated heterocycles. The Kier molecular flexibility index (Phi) is 4.71. The molecule has 0 heterocycles. The number of nitrogens with one attached hydrogen (secondary N) is 2. The van der Waals surface area contributed by atoms with Crippen LogP contribution in [0.3, 0.4) is 0 Å². The Balaban J connectivity index is 1.67. The summed E-state index contributed by atoms with van der Waals surface area (Å²) < 4.78 is 0. The van der Waals surface area contributed by atoms with E-state index in [1.807, 2.05) is 30.3 Å². The maximum absolute atomic E-state index is 12.0. The molecule has 0 aromatic heterocycles. The SMILES string of the molecule is O=C(NN=Cc1ccccc1O)C(=O)Nc1cccc2ccccc12. The number of phenolic OH excluding ortho intramolecular Hbond substituents is 1. The van der Waals surface area contributed by atoms with Gasteiger partial charge >= 0.3 is 11.8 Å². The first-order valence-corrected chi connectivity index (χ1v) is 7.55. The van der Waals surface area contributed by atoms with Crippen molar-refractivity contribution >= 4 is 34.5 Å². The molecule has 3 aromatic rings. The molecule has 6 nitrogen and oxygen atoms in total. The summed E-state index contributed by atoms with van der Waals surface area (Å²) in [6, 6.07) is 19.5. The van der Waals surface area contributed by atoms with Crippen molar-refractivity contribution in [2.24, 2.45) is 5.10 Å². The molecule has 0 aliphatic heterocycles. The summed E-state index contributed by atoms with van der Waals surface area (Å²) in [6.45, 7) is 0. The highest BCUT2D eigenvalue weighted by Crippen LogP contribution is 2.22. The third-order valence-corrected chi connectivity index (χ3v) is 3.55. The Hall–Kier alpha value is -3.67. The molecule has 0 unspecified atom stereocenters. The number of para-hydroxylation sites is 1. The Morgan fingerprint density at radius 3 is 2.44 bits per heavy atom. The summed E-state index contributed by atoms with van der Waals surface area (Å²) in [7, 11) is 0. The van der Waals surface area contributed by atoms with E-state index in [-0.39, 0.29) is 5.75 Å². The summed E-state index contributed by atoms with van der Waals surface area (Å²) in [4.78, 5) is 23.9. The minimum absolute atomic E-state index is 0.0284. The zero-order valence-corrected chi connectivity index (χ0v) is 13.1. The van der Waals surface area contributed by atoms with E-state index in [1.165, 1.54) is 12.3 Å². The van der Waals surface area contributed by atoms with Crippen molar-refractivity contribution in [1.82, 2.24) is 5.43 Å². The van der Waals surface area contributed by atoms with Crippen molar-refractivity contribution in [1.29, 1.82) is 0 Å². The lowest BCUT2D eigenvalue weighted by atomic mass is 10.1. The van der Waals surface area contributed by atoms with Crippen LogP contribution in [-0.2, 0) is 9.59 Å². The standard InChI is InChI=1S/C19H15N3O3/c23-17-11-4-2-7-14(17)12-20-22-19(25)18(24)21-16-10-5-8-13-6-1-3-9-15(13)16/h1-12,23H,(H,21,24)(H,22,25). The number of benzene rings is 3. The molecule has 0 spiro atoms. The zero-order chi connectivity index (χ0) is 17.6. The quantitative estimate of drug-likeness (QED) is 0.391. The minimum atomic E-state index is -0.903. The van der Waals surface area contributed by atoms with Gasteiger partial charge in [-0.25, -0.2) is 5.43 Å². The lowest BCUT2D eigenvalue weighted by Crippen LogP contribution is -2.32. The number of nitrogens with zero attached hydrogens (tertiary/aromatic N) is 1. The smallest absolute Gasteiger partial charge is 0.329 e. The molecule has 0 fully saturated rings. The van der Waals surface area contributed by atoms with E-state index in [9.17, 15) is 14.7 Å². The zero-order valence-electron chi connectivity index (χ0n) is 13.1. The van der Waals surface area contributed by atoms with E-state index in [0.717, 1.165) is 10.8 Å². The maximum atomic E-state index is 12.0. The molecule has 2 amide bonds. The van der Waals surface area contributed by atoms with Gasteiger partial charge in [0.05, 0.1) is 6.21 Å². The Bertz CT molecular complexity index is 962. The van der Waals surface area contributed by atoms with Crippen molar-refractivity contribution in [2.75, 3.05) is 5.32 Å². The van der Waals surface area contributed by atoms with Gasteiger partial charge in [0.1, 0.15) is 5.75 Å². The highest BCUT2D eigenvalue weighted by Gasteiger charge is 2.14. The van der Waals surface area contributed by atoms with Crippen LogP contribution < -0.4 is 10.7 Å². The minimum Gasteiger partial charge on any atom is -0.507 e. The molecule has 0 atom stereocenters. The number of amides is 2. The molecule has 3 N–H and O–H groups in total. The Labute approximate surface area is 143 Å². The fourth-order valence-electron chi connectivity index (χ4n) is 2.32. The van der Waals surface area contributed by atoms with Gasteiger partial charge < -0.3 is 10.4 Å². The van der Waals surface area contributed by atoms with E-state index >= 15 is 0 Å². The van der Waals surface area contributed by atoms with Crippen LogP contribution >= 0.6 is 0 Å². The number of hydrogen-bond donors (Lipinski definition) is 3. The topological polar surface area (TPSA) is 90.8 Å². The first-order valence-electron chi connectivity index (χ1n) is 7.55. The molecule has 0 bridgehead atoms. The first kappa shape index (κ1) is 16.2. The van der Waals surface area contributed by atoms with Crippen molar-refractivity contribution in [2.45, 2.75) is 0 Å². The van der Waals surface area contributed by atoms with Gasteiger partial charge in [-0.05, 0) is 23.6 Å². The maximum Gasteiger partial charge on any atom is 0.329 e. The van der Waals surface area contributed by atoms with Crippen molar-refractivity contribution in [3.63, 3.8) is 0 Å². The predicted molar refractivity (Wildman–Crippen MR) is 96.4 cm³/mol. The molecule has 0 aliphatic rings. The van der Waals surface area contributed by atoms with Crippen LogP contribution in [0.15, 0.2) is 71.8 Å². The molecule has 0 saturated carbocycles. The largest absolute Gasteiger partial charge is 0.507 e. The number of rotatable bonds is 3. The van der Waals surface area contributed by atoms with Gasteiger partial charge in [0.2, 0.25) is 0 Å². The highest BCUT2D eigenvalue weighted by atomic mass is 16.3. The monoisotopic (exact) mass is 333 g/mol. The van der Waals surface area contributed by atoms with Crippen LogP contribution in [0.4, 0.5) is 5.69 Å². The molecule has 6 heteroatoms. The van der Waals surface area contributed by atoms with E-state index in [0.29, 0.717) is 11.3 Å². The van der Waals surface area contributed by atoms with Crippen molar-refractivity contribution < 1.29 is 14.7 Å². The van der Waals surface area contributed by atoms with E-state index in [4.69, 9.17) is 0 Å². The summed E-state index contributed by atoms with van der Waals surface area (Å²) in [5.41, 5.74) is 3.11. The molecule has 3 aromatic carbocycles. The van der Waals surface area contributed by atoms with Crippen molar-refractivity contribution in [3.05, 3.63) is 72.3 Å². The fourth-order valence-corrected chi connectivity index (χ4v) is 2.32. The molecule has 0 aliphatic carbocycles. The first-order chi connectivity index (χ1) is 12.1. The number of hydrazone groups is 1. The van der Waals surface area contributed by atoms with Gasteiger partial charge in [0.15, 0.2) is 0 Å². The lowest BCUT2D eigenvalue weighted by molar-refractivity contribution is -0.136. The highest BCUT2D eigenvalue weighted by molar-refractivity contribution is 6.40. The number of carbonyl (C=O) groups excluding carboxylic acids is 2. The van der Waals surface area contributed by atoms with Gasteiger partial charge in [-0.3, -0.25) is 9.59 Å². The second-order valence-corrected chi connectivity index (χ2v) is 5.24. The van der Waals surface area contributed by atoms with E-state index in [1.54, 1.807) is 30.3 Å². The van der Waals surface area contributed by atoms with E-state index in [2.05, 4.69) is 15.8 Å². The molecular formula is C19H15N3O3. The van der Waals surface area contributed by atoms with Crippen LogP contribution in [0.2, 0.25) is 0 Å². The average Bonchev–Trinajstić information content (AvgIpc) is 2.63. The fraction of sp³-hybridized carbons (Fsp3) is 0. The summed E-state index contributed by atoms with van der Waals surface area (Å²) in [6.07, 6.45) is 1.26. The Morgan fingerprint density at radius 1 is 0.880 bits per heavy atom. The van der Waals surface area contributed by atoms with Crippen LogP contribution in [0.25, 0.3) is 10.8 Å². The molecule has 0 radical (unpaired) electrons. The third kappa shape index (κ3) is 3.81. The predicted octanol–water partition coefficient (Wildman–Crippen LogP) is 2.63. The van der Waals surface area contributed by atoms with Crippen LogP contribution in [0, 0.1) is 0 Å². The van der Waals surface area contributed by atoms with Crippen molar-refractivity contribution in [3.8, 4) is 5.75 Å². The van der Waals surface area contributed by atoms with Crippen LogP contribution in [0.1, 0.15) is 5.56 Å². The normalized spacial score (nSPS) is 10.7. The van der Waals surface area contributed by atoms with Crippen LogP contribution in [0.5, 0.6) is 5.75 Å². The van der Waals surface area contributed by atoms with Gasteiger partial charge in [0.25, 0.3) is 0 Å². The van der Waals surface area contributed by atoms with Gasteiger partial charge in [0, 0.05) is 16.6 Å². The average molecular weight is 333 g/mol. The number of aromatic hydroxyl groups is 1. The van der Waals surface area contributed by atoms with Crippen LogP contribution in [-0.4, -0.2) is 23.1 Å². The van der Waals surface area contributed by atoms with E-state index < -0.39 is 11.8 Å². The Morgan fingerprint density at radius 2 is 1.60 bits per heavy atom. The van der Waals surface area contributed by atoms with Gasteiger partial charge in [-0.15, -0.1) is 0 Å². The second kappa shape index (κ2) is 7.27. The molecule has 25 heavy (non-hydrogen) atoms. The molecule has 3 rings (SSSR count). The van der Waals surface area contributed by atoms with Gasteiger partial charge in [-0.2, -0.15) is 5.10 Å². The number of carbonyl (C=O) groups is 2. The van der Waals surface area contributed by atoms with Gasteiger partial charge in [-0.1, -0.05) is 48.5 Å². The summed E-state index contributed by atoms with van der Waals surface area (Å²) in [5, 5.41) is 17.6. The lowest BCUT2D eigenvalue weighted by Gasteiger charge is -2.07. The summed E-state index contributed by atoms with van der Waals surface area (Å²) >= 11 is 0.